The quantitative estimate of drug-likeness (QED) is 0.0345. The monoisotopic (exact) mass is 835 g/mol. The lowest BCUT2D eigenvalue weighted by atomic mass is 10.0. The van der Waals surface area contributed by atoms with Crippen molar-refractivity contribution in [3.63, 3.8) is 0 Å². The first-order valence-corrected chi connectivity index (χ1v) is 26.2. The molecule has 0 saturated carbocycles. The number of ether oxygens (including phenoxy) is 3. The Labute approximate surface area is 368 Å². The first-order valence-electron chi connectivity index (χ1n) is 26.2. The van der Waals surface area contributed by atoms with Crippen LogP contribution in [0.2, 0.25) is 0 Å². The minimum Gasteiger partial charge on any atom is -0.462 e. The van der Waals surface area contributed by atoms with E-state index in [1.54, 1.807) is 0 Å². The van der Waals surface area contributed by atoms with Crippen LogP contribution in [0.1, 0.15) is 291 Å². The summed E-state index contributed by atoms with van der Waals surface area (Å²) in [6.07, 6.45) is 46.7. The summed E-state index contributed by atoms with van der Waals surface area (Å²) in [4.78, 5) is 37.9. The van der Waals surface area contributed by atoms with Gasteiger partial charge in [-0.05, 0) is 31.1 Å². The van der Waals surface area contributed by atoms with Crippen molar-refractivity contribution in [1.82, 2.24) is 0 Å². The summed E-state index contributed by atoms with van der Waals surface area (Å²) in [5.41, 5.74) is 0. The Kier molecular flexibility index (Phi) is 44.7. The summed E-state index contributed by atoms with van der Waals surface area (Å²) >= 11 is 0. The van der Waals surface area contributed by atoms with Crippen LogP contribution in [0.15, 0.2) is 0 Å². The largest absolute Gasteiger partial charge is 0.462 e. The van der Waals surface area contributed by atoms with Crippen molar-refractivity contribution in [1.29, 1.82) is 0 Å². The van der Waals surface area contributed by atoms with E-state index in [-0.39, 0.29) is 31.1 Å². The smallest absolute Gasteiger partial charge is 0.306 e. The van der Waals surface area contributed by atoms with Gasteiger partial charge >= 0.3 is 17.9 Å². The number of carbonyl (C=O) groups is 3. The van der Waals surface area contributed by atoms with Crippen molar-refractivity contribution < 1.29 is 28.6 Å². The molecule has 0 rings (SSSR count). The normalized spacial score (nSPS) is 12.1. The van der Waals surface area contributed by atoms with Crippen LogP contribution in [0.4, 0.5) is 0 Å². The van der Waals surface area contributed by atoms with Crippen LogP contribution in [-0.4, -0.2) is 37.2 Å². The Hall–Kier alpha value is -1.59. The molecule has 0 spiro atoms. The van der Waals surface area contributed by atoms with Gasteiger partial charge in [0.25, 0.3) is 0 Å². The topological polar surface area (TPSA) is 78.9 Å². The standard InChI is InChI=1S/C53H102O6/c1-6-7-8-9-10-11-12-13-14-15-18-21-24-27-33-38-43-51(54)57-46-50(47-58-52(55)44-39-34-30-29-32-37-42-49(4)5)59-53(56)45-40-35-28-25-22-19-16-17-20-23-26-31-36-41-48(2)3/h48-50H,6-47H2,1-5H3/t50-/m0/s1. The average molecular weight is 835 g/mol. The molecule has 0 aliphatic heterocycles. The predicted molar refractivity (Wildman–Crippen MR) is 252 cm³/mol. The van der Waals surface area contributed by atoms with Crippen LogP contribution < -0.4 is 0 Å². The van der Waals surface area contributed by atoms with E-state index in [1.807, 2.05) is 0 Å². The minimum absolute atomic E-state index is 0.0643. The number of rotatable bonds is 47. The molecule has 0 aromatic rings. The molecule has 0 aliphatic rings. The van der Waals surface area contributed by atoms with Gasteiger partial charge in [-0.2, -0.15) is 0 Å². The van der Waals surface area contributed by atoms with Crippen LogP contribution >= 0.6 is 0 Å². The summed E-state index contributed by atoms with van der Waals surface area (Å²) in [6, 6.07) is 0. The zero-order chi connectivity index (χ0) is 43.3. The highest BCUT2D eigenvalue weighted by Crippen LogP contribution is 2.17. The summed E-state index contributed by atoms with van der Waals surface area (Å²) in [5.74, 6) is 0.750. The van der Waals surface area contributed by atoms with Crippen LogP contribution in [0.25, 0.3) is 0 Å². The Morgan fingerprint density at radius 2 is 0.559 bits per heavy atom. The number of esters is 3. The maximum atomic E-state index is 12.8. The maximum absolute atomic E-state index is 12.8. The Morgan fingerprint density at radius 1 is 0.322 bits per heavy atom. The fourth-order valence-corrected chi connectivity index (χ4v) is 7.99. The lowest BCUT2D eigenvalue weighted by Crippen LogP contribution is -2.30. The Balaban J connectivity index is 4.26. The first-order chi connectivity index (χ1) is 28.7. The molecule has 1 atom stereocenters. The van der Waals surface area contributed by atoms with Crippen molar-refractivity contribution in [3.8, 4) is 0 Å². The van der Waals surface area contributed by atoms with Crippen LogP contribution in [-0.2, 0) is 28.6 Å². The number of hydrogen-bond acceptors (Lipinski definition) is 6. The van der Waals surface area contributed by atoms with E-state index in [0.717, 1.165) is 69.6 Å². The van der Waals surface area contributed by atoms with Gasteiger partial charge in [0.2, 0.25) is 0 Å². The number of unbranched alkanes of at least 4 members (excludes halogenated alkanes) is 32. The van der Waals surface area contributed by atoms with E-state index < -0.39 is 6.10 Å². The van der Waals surface area contributed by atoms with E-state index in [9.17, 15) is 14.4 Å². The first kappa shape index (κ1) is 57.4. The van der Waals surface area contributed by atoms with Gasteiger partial charge in [-0.25, -0.2) is 0 Å². The second kappa shape index (κ2) is 45.9. The molecule has 0 saturated heterocycles. The van der Waals surface area contributed by atoms with Gasteiger partial charge in [0.15, 0.2) is 6.10 Å². The fourth-order valence-electron chi connectivity index (χ4n) is 7.99. The molecule has 0 N–H and O–H groups in total. The van der Waals surface area contributed by atoms with Crippen molar-refractivity contribution in [2.24, 2.45) is 11.8 Å². The number of hydrogen-bond donors (Lipinski definition) is 0. The lowest BCUT2D eigenvalue weighted by Gasteiger charge is -2.18. The second-order valence-corrected chi connectivity index (χ2v) is 19.1. The zero-order valence-corrected chi connectivity index (χ0v) is 40.4. The van der Waals surface area contributed by atoms with Gasteiger partial charge in [-0.3, -0.25) is 14.4 Å². The molecule has 0 aromatic heterocycles. The zero-order valence-electron chi connectivity index (χ0n) is 40.4. The average Bonchev–Trinajstić information content (AvgIpc) is 3.20. The van der Waals surface area contributed by atoms with Gasteiger partial charge in [0.05, 0.1) is 0 Å². The number of carbonyl (C=O) groups excluding carboxylic acids is 3. The van der Waals surface area contributed by atoms with Gasteiger partial charge in [-0.15, -0.1) is 0 Å². The molecule has 0 radical (unpaired) electrons. The minimum atomic E-state index is -0.762. The summed E-state index contributed by atoms with van der Waals surface area (Å²) < 4.78 is 16.8. The highest BCUT2D eigenvalue weighted by molar-refractivity contribution is 5.71. The van der Waals surface area contributed by atoms with Crippen LogP contribution in [0, 0.1) is 11.8 Å². The molecule has 6 nitrogen and oxygen atoms in total. The highest BCUT2D eigenvalue weighted by atomic mass is 16.6. The third kappa shape index (κ3) is 47.3. The summed E-state index contributed by atoms with van der Waals surface area (Å²) in [7, 11) is 0. The van der Waals surface area contributed by atoms with E-state index in [4.69, 9.17) is 14.2 Å². The van der Waals surface area contributed by atoms with Crippen molar-refractivity contribution in [2.45, 2.75) is 298 Å². The third-order valence-corrected chi connectivity index (χ3v) is 12.0. The predicted octanol–water partition coefficient (Wildman–Crippen LogP) is 16.9. The molecule has 0 bridgehead atoms. The highest BCUT2D eigenvalue weighted by Gasteiger charge is 2.19. The molecule has 0 aromatic carbocycles. The van der Waals surface area contributed by atoms with Gasteiger partial charge < -0.3 is 14.2 Å². The fraction of sp³-hybridized carbons (Fsp3) is 0.943. The van der Waals surface area contributed by atoms with Crippen molar-refractivity contribution >= 4 is 17.9 Å². The molecule has 0 amide bonds. The molecule has 0 fully saturated rings. The summed E-state index contributed by atoms with van der Waals surface area (Å²) in [5, 5.41) is 0. The molecule has 59 heavy (non-hydrogen) atoms. The van der Waals surface area contributed by atoms with Gasteiger partial charge in [-0.1, -0.05) is 253 Å². The van der Waals surface area contributed by atoms with Crippen molar-refractivity contribution in [3.05, 3.63) is 0 Å². The van der Waals surface area contributed by atoms with E-state index in [2.05, 4.69) is 34.6 Å². The molecule has 0 heterocycles. The second-order valence-electron chi connectivity index (χ2n) is 19.1. The third-order valence-electron chi connectivity index (χ3n) is 12.0. The SMILES string of the molecule is CCCCCCCCCCCCCCCCCCC(=O)OC[C@@H](COC(=O)CCCCCCCCC(C)C)OC(=O)CCCCCCCCCCCCCCCC(C)C. The Bertz CT molecular complexity index is 900. The Morgan fingerprint density at radius 3 is 0.831 bits per heavy atom. The van der Waals surface area contributed by atoms with E-state index >= 15 is 0 Å². The molecular weight excluding hydrogens is 733 g/mol. The molecule has 6 heteroatoms. The maximum Gasteiger partial charge on any atom is 0.306 e. The lowest BCUT2D eigenvalue weighted by molar-refractivity contribution is -0.167. The molecule has 350 valence electrons. The molecule has 0 aliphatic carbocycles. The summed E-state index contributed by atoms with van der Waals surface area (Å²) in [6.45, 7) is 11.3. The van der Waals surface area contributed by atoms with Crippen LogP contribution in [0.3, 0.4) is 0 Å². The van der Waals surface area contributed by atoms with Gasteiger partial charge in [0, 0.05) is 19.3 Å². The van der Waals surface area contributed by atoms with E-state index in [1.165, 1.54) is 180 Å². The van der Waals surface area contributed by atoms with E-state index in [0.29, 0.717) is 19.3 Å². The molecular formula is C53H102O6. The van der Waals surface area contributed by atoms with Crippen LogP contribution in [0.5, 0.6) is 0 Å². The molecule has 0 unspecified atom stereocenters. The van der Waals surface area contributed by atoms with Crippen molar-refractivity contribution in [2.75, 3.05) is 13.2 Å². The van der Waals surface area contributed by atoms with Gasteiger partial charge in [0.1, 0.15) is 13.2 Å².